The van der Waals surface area contributed by atoms with E-state index in [-0.39, 0.29) is 17.6 Å². The fraction of sp³-hybridized carbons (Fsp3) is 0.318. The number of pyridine rings is 2. The molecule has 1 aromatic carbocycles. The Morgan fingerprint density at radius 3 is 2.83 bits per heavy atom. The van der Waals surface area contributed by atoms with Crippen LogP contribution in [0.15, 0.2) is 42.6 Å². The number of rotatable bonds is 4. The number of benzene rings is 1. The molecule has 4 rings (SSSR count). The molecule has 0 spiro atoms. The van der Waals surface area contributed by atoms with Gasteiger partial charge in [0.1, 0.15) is 23.1 Å². The topological polar surface area (TPSA) is 75.5 Å². The summed E-state index contributed by atoms with van der Waals surface area (Å²) in [7, 11) is 0. The van der Waals surface area contributed by atoms with E-state index in [0.29, 0.717) is 55.1 Å². The predicted molar refractivity (Wildman–Crippen MR) is 108 cm³/mol. The lowest BCUT2D eigenvalue weighted by Crippen LogP contribution is -2.37. The second-order valence-electron chi connectivity index (χ2n) is 7.08. The first kappa shape index (κ1) is 19.1. The van der Waals surface area contributed by atoms with Crippen molar-refractivity contribution >= 4 is 22.7 Å². The van der Waals surface area contributed by atoms with Crippen LogP contribution in [0.25, 0.3) is 22.2 Å². The summed E-state index contributed by atoms with van der Waals surface area (Å²) >= 11 is 0. The Morgan fingerprint density at radius 2 is 2.07 bits per heavy atom. The SMILES string of the molecule is CCOC(=O)C1CCN(c2cc3cccnc3c(-c3cc(F)ccc3O)n2)CC1. The number of hydrogen-bond acceptors (Lipinski definition) is 6. The Labute approximate surface area is 168 Å². The lowest BCUT2D eigenvalue weighted by atomic mass is 9.97. The van der Waals surface area contributed by atoms with Crippen LogP contribution in [0, 0.1) is 11.7 Å². The first-order valence-electron chi connectivity index (χ1n) is 9.73. The number of esters is 1. The van der Waals surface area contributed by atoms with E-state index in [4.69, 9.17) is 9.72 Å². The Balaban J connectivity index is 1.70. The van der Waals surface area contributed by atoms with Gasteiger partial charge in [-0.2, -0.15) is 0 Å². The molecular weight excluding hydrogens is 373 g/mol. The highest BCUT2D eigenvalue weighted by molar-refractivity contribution is 5.94. The number of aromatic nitrogens is 2. The van der Waals surface area contributed by atoms with E-state index in [1.165, 1.54) is 18.2 Å². The standard InChI is InChI=1S/C22H22FN3O3/c1-2-29-22(28)14-7-10-26(11-8-14)19-12-15-4-3-9-24-20(15)21(25-19)17-13-16(23)5-6-18(17)27/h3-6,9,12-14,27H,2,7-8,10-11H2,1H3. The van der Waals surface area contributed by atoms with Gasteiger partial charge in [0, 0.05) is 30.2 Å². The maximum Gasteiger partial charge on any atom is 0.309 e. The van der Waals surface area contributed by atoms with Crippen LogP contribution < -0.4 is 4.90 Å². The molecule has 3 aromatic rings. The van der Waals surface area contributed by atoms with Gasteiger partial charge >= 0.3 is 5.97 Å². The number of carbonyl (C=O) groups excluding carboxylic acids is 1. The third-order valence-corrected chi connectivity index (χ3v) is 5.23. The number of phenolic OH excluding ortho intramolecular Hbond substituents is 1. The van der Waals surface area contributed by atoms with Gasteiger partial charge in [-0.25, -0.2) is 9.37 Å². The molecule has 1 aliphatic rings. The van der Waals surface area contributed by atoms with Crippen LogP contribution in [0.5, 0.6) is 5.75 Å². The summed E-state index contributed by atoms with van der Waals surface area (Å²) < 4.78 is 19.0. The lowest BCUT2D eigenvalue weighted by molar-refractivity contribution is -0.148. The van der Waals surface area contributed by atoms with E-state index in [9.17, 15) is 14.3 Å². The van der Waals surface area contributed by atoms with Crippen molar-refractivity contribution in [1.29, 1.82) is 0 Å². The summed E-state index contributed by atoms with van der Waals surface area (Å²) in [5.74, 6) is -0.0342. The van der Waals surface area contributed by atoms with Crippen LogP contribution in [0.1, 0.15) is 19.8 Å². The zero-order chi connectivity index (χ0) is 20.4. The molecule has 29 heavy (non-hydrogen) atoms. The van der Waals surface area contributed by atoms with Crippen molar-refractivity contribution in [2.45, 2.75) is 19.8 Å². The average Bonchev–Trinajstić information content (AvgIpc) is 2.75. The highest BCUT2D eigenvalue weighted by Gasteiger charge is 2.27. The Hall–Kier alpha value is -3.22. The van der Waals surface area contributed by atoms with Crippen molar-refractivity contribution in [2.75, 3.05) is 24.6 Å². The molecule has 0 unspecified atom stereocenters. The first-order valence-corrected chi connectivity index (χ1v) is 9.73. The van der Waals surface area contributed by atoms with Crippen LogP contribution in [0.3, 0.4) is 0 Å². The largest absolute Gasteiger partial charge is 0.507 e. The molecule has 7 heteroatoms. The molecule has 150 valence electrons. The third-order valence-electron chi connectivity index (χ3n) is 5.23. The van der Waals surface area contributed by atoms with Crippen molar-refractivity contribution in [3.8, 4) is 17.0 Å². The van der Waals surface area contributed by atoms with Crippen molar-refractivity contribution in [1.82, 2.24) is 9.97 Å². The Morgan fingerprint density at radius 1 is 1.28 bits per heavy atom. The second-order valence-corrected chi connectivity index (χ2v) is 7.08. The van der Waals surface area contributed by atoms with Crippen molar-refractivity contribution in [2.24, 2.45) is 5.92 Å². The van der Waals surface area contributed by atoms with E-state index in [0.717, 1.165) is 5.39 Å². The molecule has 0 bridgehead atoms. The molecule has 1 saturated heterocycles. The molecule has 3 heterocycles. The maximum atomic E-state index is 13.9. The van der Waals surface area contributed by atoms with Crippen LogP contribution in [0.4, 0.5) is 10.2 Å². The summed E-state index contributed by atoms with van der Waals surface area (Å²) in [6.45, 7) is 3.52. The van der Waals surface area contributed by atoms with Crippen LogP contribution in [-0.2, 0) is 9.53 Å². The van der Waals surface area contributed by atoms with E-state index in [1.807, 2.05) is 25.1 Å². The molecule has 0 saturated carbocycles. The zero-order valence-electron chi connectivity index (χ0n) is 16.1. The van der Waals surface area contributed by atoms with E-state index in [2.05, 4.69) is 9.88 Å². The fourth-order valence-electron chi connectivity index (χ4n) is 3.72. The van der Waals surface area contributed by atoms with Crippen LogP contribution in [-0.4, -0.2) is 40.7 Å². The van der Waals surface area contributed by atoms with Gasteiger partial charge < -0.3 is 14.7 Å². The number of anilines is 1. The highest BCUT2D eigenvalue weighted by atomic mass is 19.1. The number of hydrogen-bond donors (Lipinski definition) is 1. The summed E-state index contributed by atoms with van der Waals surface area (Å²) in [4.78, 5) is 23.2. The van der Waals surface area contributed by atoms with Crippen molar-refractivity contribution in [3.05, 3.63) is 48.4 Å². The number of carbonyl (C=O) groups is 1. The molecule has 2 aromatic heterocycles. The average molecular weight is 395 g/mol. The summed E-state index contributed by atoms with van der Waals surface area (Å²) in [5.41, 5.74) is 1.33. The number of halogens is 1. The molecule has 0 amide bonds. The molecule has 1 N–H and O–H groups in total. The predicted octanol–water partition coefficient (Wildman–Crippen LogP) is 3.92. The molecule has 0 atom stereocenters. The number of nitrogens with zero attached hydrogens (tertiary/aromatic N) is 3. The van der Waals surface area contributed by atoms with Gasteiger partial charge in [-0.05, 0) is 50.1 Å². The van der Waals surface area contributed by atoms with Crippen molar-refractivity contribution < 1.29 is 19.0 Å². The molecule has 6 nitrogen and oxygen atoms in total. The number of fused-ring (bicyclic) bond motifs is 1. The smallest absolute Gasteiger partial charge is 0.309 e. The van der Waals surface area contributed by atoms with E-state index in [1.54, 1.807) is 6.20 Å². The van der Waals surface area contributed by atoms with Gasteiger partial charge in [-0.3, -0.25) is 9.78 Å². The number of piperidine rings is 1. The number of ether oxygens (including phenoxy) is 1. The zero-order valence-corrected chi connectivity index (χ0v) is 16.1. The lowest BCUT2D eigenvalue weighted by Gasteiger charge is -2.32. The monoisotopic (exact) mass is 395 g/mol. The maximum absolute atomic E-state index is 13.9. The summed E-state index contributed by atoms with van der Waals surface area (Å²) in [6.07, 6.45) is 3.02. The first-order chi connectivity index (χ1) is 14.1. The van der Waals surface area contributed by atoms with Gasteiger partial charge in [0.05, 0.1) is 18.0 Å². The van der Waals surface area contributed by atoms with Gasteiger partial charge in [-0.1, -0.05) is 6.07 Å². The molecule has 1 fully saturated rings. The summed E-state index contributed by atoms with van der Waals surface area (Å²) in [6, 6.07) is 9.47. The van der Waals surface area contributed by atoms with Gasteiger partial charge in [0.15, 0.2) is 0 Å². The fourth-order valence-corrected chi connectivity index (χ4v) is 3.72. The second kappa shape index (κ2) is 8.03. The molecular formula is C22H22FN3O3. The Kier molecular flexibility index (Phi) is 5.29. The third kappa shape index (κ3) is 3.85. The number of phenols is 1. The molecule has 0 radical (unpaired) electrons. The quantitative estimate of drug-likeness (QED) is 0.675. The Bertz CT molecular complexity index is 1050. The van der Waals surface area contributed by atoms with Crippen LogP contribution in [0.2, 0.25) is 0 Å². The van der Waals surface area contributed by atoms with Gasteiger partial charge in [0.2, 0.25) is 0 Å². The van der Waals surface area contributed by atoms with E-state index >= 15 is 0 Å². The minimum atomic E-state index is -0.454. The van der Waals surface area contributed by atoms with Gasteiger partial charge in [-0.15, -0.1) is 0 Å². The minimum Gasteiger partial charge on any atom is -0.507 e. The number of aromatic hydroxyl groups is 1. The normalized spacial score (nSPS) is 14.9. The molecule has 0 aliphatic carbocycles. The van der Waals surface area contributed by atoms with Crippen LogP contribution >= 0.6 is 0 Å². The van der Waals surface area contributed by atoms with Gasteiger partial charge in [0.25, 0.3) is 0 Å². The molecule has 1 aliphatic heterocycles. The minimum absolute atomic E-state index is 0.0518. The summed E-state index contributed by atoms with van der Waals surface area (Å²) in [5, 5.41) is 11.1. The highest BCUT2D eigenvalue weighted by Crippen LogP contribution is 2.35. The van der Waals surface area contributed by atoms with E-state index < -0.39 is 5.82 Å². The van der Waals surface area contributed by atoms with Crippen molar-refractivity contribution in [3.63, 3.8) is 0 Å².